The van der Waals surface area contributed by atoms with Gasteiger partial charge in [-0.3, -0.25) is 15.7 Å². The molecule has 4 saturated carbocycles. The minimum Gasteiger partial charge on any atom is -0.389 e. The third kappa shape index (κ3) is 4.51. The second kappa shape index (κ2) is 10.7. The van der Waals surface area contributed by atoms with E-state index in [0.717, 1.165) is 57.4 Å². The van der Waals surface area contributed by atoms with Crippen molar-refractivity contribution in [1.82, 2.24) is 4.90 Å². The molecule has 0 spiro atoms. The van der Waals surface area contributed by atoms with Crippen molar-refractivity contribution in [2.24, 2.45) is 40.2 Å². The Kier molecular flexibility index (Phi) is 7.54. The summed E-state index contributed by atoms with van der Waals surface area (Å²) in [5.74, 6) is 1.60. The SMILES string of the molecule is C[C@]12CCC(OCCN3CCCC3)CC1CC[C@@H]1[C@H]2CC[C@]2(C)C(C(=N)N(C(=N)N)c3ccccc3)CC[C@@]12O. The number of amidine groups is 1. The quantitative estimate of drug-likeness (QED) is 0.272. The van der Waals surface area contributed by atoms with Gasteiger partial charge in [-0.1, -0.05) is 32.0 Å². The lowest BCUT2D eigenvalue weighted by Gasteiger charge is -2.63. The molecular weight excluding hydrogens is 498 g/mol. The number of anilines is 1. The first-order valence-corrected chi connectivity index (χ1v) is 16.0. The van der Waals surface area contributed by atoms with Crippen LogP contribution in [0.1, 0.15) is 84.5 Å². The third-order valence-corrected chi connectivity index (χ3v) is 12.6. The molecule has 220 valence electrons. The molecule has 40 heavy (non-hydrogen) atoms. The second-order valence-electron chi connectivity index (χ2n) is 14.2. The Morgan fingerprint density at radius 2 is 1.75 bits per heavy atom. The summed E-state index contributed by atoms with van der Waals surface area (Å²) >= 11 is 0. The number of guanidine groups is 1. The Balaban J connectivity index is 1.15. The number of ether oxygens (including phenoxy) is 1. The molecule has 5 aliphatic rings. The third-order valence-electron chi connectivity index (χ3n) is 12.6. The topological polar surface area (TPSA) is 110 Å². The average Bonchev–Trinajstić information content (AvgIpc) is 3.55. The number of fused-ring (bicyclic) bond motifs is 5. The zero-order valence-corrected chi connectivity index (χ0v) is 24.7. The number of hydrogen-bond acceptors (Lipinski definition) is 5. The maximum Gasteiger partial charge on any atom is 0.198 e. The van der Waals surface area contributed by atoms with Crippen molar-refractivity contribution in [3.8, 4) is 0 Å². The van der Waals surface area contributed by atoms with Crippen LogP contribution in [-0.2, 0) is 4.74 Å². The zero-order chi connectivity index (χ0) is 28.1. The molecular formula is C33H51N5O2. The maximum absolute atomic E-state index is 12.6. The lowest BCUT2D eigenvalue weighted by atomic mass is 9.43. The van der Waals surface area contributed by atoms with Gasteiger partial charge in [0.1, 0.15) is 5.84 Å². The van der Waals surface area contributed by atoms with E-state index in [4.69, 9.17) is 15.9 Å². The number of benzene rings is 1. The molecule has 1 aromatic rings. The van der Waals surface area contributed by atoms with Crippen molar-refractivity contribution in [1.29, 1.82) is 10.8 Å². The Hall–Kier alpha value is -1.96. The Bertz CT molecular complexity index is 1090. The summed E-state index contributed by atoms with van der Waals surface area (Å²) in [6.45, 7) is 9.18. The molecule has 4 aliphatic carbocycles. The van der Waals surface area contributed by atoms with Crippen LogP contribution in [0.15, 0.2) is 30.3 Å². The fraction of sp³-hybridized carbons (Fsp3) is 0.758. The van der Waals surface area contributed by atoms with Crippen LogP contribution in [0.25, 0.3) is 0 Å². The summed E-state index contributed by atoms with van der Waals surface area (Å²) in [5.41, 5.74) is 5.90. The van der Waals surface area contributed by atoms with Gasteiger partial charge in [0.2, 0.25) is 0 Å². The van der Waals surface area contributed by atoms with Crippen molar-refractivity contribution in [2.75, 3.05) is 31.1 Å². The van der Waals surface area contributed by atoms with Crippen LogP contribution in [0.3, 0.4) is 0 Å². The highest BCUT2D eigenvalue weighted by molar-refractivity contribution is 6.16. The predicted octanol–water partition coefficient (Wildman–Crippen LogP) is 5.62. The van der Waals surface area contributed by atoms with E-state index in [9.17, 15) is 10.5 Å². The molecule has 0 aromatic heterocycles. The van der Waals surface area contributed by atoms with Gasteiger partial charge >= 0.3 is 0 Å². The van der Waals surface area contributed by atoms with Gasteiger partial charge in [0.15, 0.2) is 5.96 Å². The van der Waals surface area contributed by atoms with Crippen molar-refractivity contribution < 1.29 is 9.84 Å². The van der Waals surface area contributed by atoms with Crippen LogP contribution in [0.5, 0.6) is 0 Å². The highest BCUT2D eigenvalue weighted by Gasteiger charge is 2.68. The lowest BCUT2D eigenvalue weighted by molar-refractivity contribution is -0.208. The van der Waals surface area contributed by atoms with Crippen LogP contribution < -0.4 is 10.6 Å². The van der Waals surface area contributed by atoms with E-state index in [1.54, 1.807) is 4.90 Å². The summed E-state index contributed by atoms with van der Waals surface area (Å²) in [7, 11) is 0. The van der Waals surface area contributed by atoms with Crippen LogP contribution in [-0.4, -0.2) is 59.7 Å². The molecule has 1 aromatic carbocycles. The number of aliphatic hydroxyl groups is 1. The molecule has 5 fully saturated rings. The van der Waals surface area contributed by atoms with E-state index >= 15 is 0 Å². The molecule has 1 heterocycles. The van der Waals surface area contributed by atoms with Gasteiger partial charge in [0.05, 0.1) is 24.0 Å². The molecule has 8 atom stereocenters. The van der Waals surface area contributed by atoms with E-state index in [1.165, 1.54) is 45.2 Å². The number of nitrogens with zero attached hydrogens (tertiary/aromatic N) is 2. The summed E-state index contributed by atoms with van der Waals surface area (Å²) in [5, 5.41) is 30.2. The lowest BCUT2D eigenvalue weighted by Crippen LogP contribution is -2.63. The van der Waals surface area contributed by atoms with Gasteiger partial charge in [-0.2, -0.15) is 0 Å². The Morgan fingerprint density at radius 3 is 2.48 bits per heavy atom. The summed E-state index contributed by atoms with van der Waals surface area (Å²) < 4.78 is 6.45. The standard InChI is InChI=1S/C33H51N5O2/c1-31-15-12-25(40-21-20-37-18-6-7-19-37)22-23(31)10-11-27-26(31)13-16-32(2)28(14-17-33(27,32)39)29(34)38(30(35)36)24-8-4-3-5-9-24/h3-5,8-9,23,25-28,34,39H,6-7,10-22H2,1-2H3,(H3,35,36)/t23?,25?,26-,27-,28?,31+,32-,33-/m1/s1. The van der Waals surface area contributed by atoms with Gasteiger partial charge in [-0.15, -0.1) is 0 Å². The molecule has 7 heteroatoms. The molecule has 6 rings (SSSR count). The predicted molar refractivity (Wildman–Crippen MR) is 161 cm³/mol. The number of hydrogen-bond donors (Lipinski definition) is 4. The molecule has 7 nitrogen and oxygen atoms in total. The molecule has 3 unspecified atom stereocenters. The van der Waals surface area contributed by atoms with Gasteiger partial charge in [0, 0.05) is 17.9 Å². The molecule has 0 radical (unpaired) electrons. The Morgan fingerprint density at radius 1 is 1.00 bits per heavy atom. The molecule has 1 aliphatic heterocycles. The van der Waals surface area contributed by atoms with Crippen molar-refractivity contribution in [3.63, 3.8) is 0 Å². The number of nitrogens with two attached hydrogens (primary N) is 1. The summed E-state index contributed by atoms with van der Waals surface area (Å²) in [4.78, 5) is 4.12. The van der Waals surface area contributed by atoms with Crippen LogP contribution in [0, 0.1) is 45.3 Å². The molecule has 0 amide bonds. The van der Waals surface area contributed by atoms with E-state index in [2.05, 4.69) is 18.7 Å². The van der Waals surface area contributed by atoms with Gasteiger partial charge in [-0.05, 0) is 119 Å². The average molecular weight is 550 g/mol. The van der Waals surface area contributed by atoms with Crippen LogP contribution >= 0.6 is 0 Å². The first kappa shape index (κ1) is 28.2. The monoisotopic (exact) mass is 549 g/mol. The summed E-state index contributed by atoms with van der Waals surface area (Å²) in [6, 6.07) is 9.59. The number of likely N-dealkylation sites (tertiary alicyclic amines) is 1. The van der Waals surface area contributed by atoms with Gasteiger partial charge < -0.3 is 20.5 Å². The van der Waals surface area contributed by atoms with E-state index in [-0.39, 0.29) is 28.6 Å². The second-order valence-corrected chi connectivity index (χ2v) is 14.2. The fourth-order valence-electron chi connectivity index (χ4n) is 10.3. The highest BCUT2D eigenvalue weighted by atomic mass is 16.5. The largest absolute Gasteiger partial charge is 0.389 e. The van der Waals surface area contributed by atoms with Crippen molar-refractivity contribution >= 4 is 17.5 Å². The van der Waals surface area contributed by atoms with E-state index < -0.39 is 5.60 Å². The van der Waals surface area contributed by atoms with Crippen LogP contribution in [0.2, 0.25) is 0 Å². The van der Waals surface area contributed by atoms with E-state index in [0.29, 0.717) is 23.8 Å². The maximum atomic E-state index is 12.6. The van der Waals surface area contributed by atoms with Crippen LogP contribution in [0.4, 0.5) is 5.69 Å². The van der Waals surface area contributed by atoms with Gasteiger partial charge in [0.25, 0.3) is 0 Å². The Labute approximate surface area is 240 Å². The van der Waals surface area contributed by atoms with Gasteiger partial charge in [-0.25, -0.2) is 0 Å². The minimum atomic E-state index is -0.775. The van der Waals surface area contributed by atoms with Crippen molar-refractivity contribution in [3.05, 3.63) is 30.3 Å². The fourth-order valence-corrected chi connectivity index (χ4v) is 10.3. The molecule has 1 saturated heterocycles. The minimum absolute atomic E-state index is 0.118. The molecule has 0 bridgehead atoms. The smallest absolute Gasteiger partial charge is 0.198 e. The normalized spacial score (nSPS) is 41.1. The number of para-hydroxylation sites is 1. The zero-order valence-electron chi connectivity index (χ0n) is 24.7. The van der Waals surface area contributed by atoms with Crippen molar-refractivity contribution in [2.45, 2.75) is 96.2 Å². The highest BCUT2D eigenvalue weighted by Crippen LogP contribution is 2.69. The summed E-state index contributed by atoms with van der Waals surface area (Å²) in [6.07, 6.45) is 12.4. The van der Waals surface area contributed by atoms with E-state index in [1.807, 2.05) is 30.3 Å². The first-order valence-electron chi connectivity index (χ1n) is 16.0. The number of nitrogens with one attached hydrogen (secondary N) is 2. The molecule has 5 N–H and O–H groups in total. The first-order chi connectivity index (χ1) is 19.2. The number of rotatable bonds is 6.